The van der Waals surface area contributed by atoms with Gasteiger partial charge >= 0.3 is 5.97 Å². The van der Waals surface area contributed by atoms with Gasteiger partial charge in [-0.05, 0) is 24.8 Å². The van der Waals surface area contributed by atoms with Crippen LogP contribution >= 0.6 is 11.3 Å². The van der Waals surface area contributed by atoms with E-state index >= 15 is 0 Å². The molecule has 2 N–H and O–H groups in total. The van der Waals surface area contributed by atoms with Crippen molar-refractivity contribution in [3.63, 3.8) is 0 Å². The smallest absolute Gasteiger partial charge is 0.336 e. The second kappa shape index (κ2) is 6.34. The average molecular weight is 267 g/mol. The van der Waals surface area contributed by atoms with E-state index in [1.807, 2.05) is 0 Å². The molecule has 0 radical (unpaired) electrons. The monoisotopic (exact) mass is 267 g/mol. The van der Waals surface area contributed by atoms with E-state index in [1.54, 1.807) is 11.4 Å². The Morgan fingerprint density at radius 1 is 1.56 bits per heavy atom. The van der Waals surface area contributed by atoms with E-state index in [0.29, 0.717) is 11.6 Å². The van der Waals surface area contributed by atoms with Gasteiger partial charge in [0.1, 0.15) is 0 Å². The van der Waals surface area contributed by atoms with E-state index in [0.717, 1.165) is 17.3 Å². The number of carboxylic acids is 1. The molecule has 3 nitrogen and oxygen atoms in total. The van der Waals surface area contributed by atoms with Gasteiger partial charge in [-0.1, -0.05) is 26.2 Å². The van der Waals surface area contributed by atoms with Crippen LogP contribution < -0.4 is 5.32 Å². The highest BCUT2D eigenvalue weighted by Gasteiger charge is 2.20. The lowest BCUT2D eigenvalue weighted by Crippen LogP contribution is -2.33. The number of rotatable bonds is 5. The molecule has 0 amide bonds. The molecule has 1 heterocycles. The third-order valence-electron chi connectivity index (χ3n) is 3.83. The topological polar surface area (TPSA) is 49.3 Å². The molecule has 1 aromatic rings. The highest BCUT2D eigenvalue weighted by Crippen LogP contribution is 2.27. The molecule has 1 aliphatic carbocycles. The molecule has 2 atom stereocenters. The van der Waals surface area contributed by atoms with Crippen molar-refractivity contribution >= 4 is 17.3 Å². The predicted octanol–water partition coefficient (Wildman–Crippen LogP) is 3.50. The lowest BCUT2D eigenvalue weighted by atomic mass is 9.84. The summed E-state index contributed by atoms with van der Waals surface area (Å²) in [6.45, 7) is 3.07. The molecular weight excluding hydrogens is 246 g/mol. The first-order valence-electron chi connectivity index (χ1n) is 6.73. The minimum atomic E-state index is -0.832. The first-order chi connectivity index (χ1) is 8.69. The molecule has 2 unspecified atom stereocenters. The van der Waals surface area contributed by atoms with Gasteiger partial charge in [-0.3, -0.25) is 0 Å². The van der Waals surface area contributed by atoms with Crippen LogP contribution in [0.1, 0.15) is 54.3 Å². The number of thiophene rings is 1. The summed E-state index contributed by atoms with van der Waals surface area (Å²) in [4.78, 5) is 11.9. The third kappa shape index (κ3) is 3.56. The Kier molecular flexibility index (Phi) is 4.78. The van der Waals surface area contributed by atoms with Crippen molar-refractivity contribution in [2.24, 2.45) is 5.92 Å². The maximum absolute atomic E-state index is 10.8. The van der Waals surface area contributed by atoms with Crippen molar-refractivity contribution in [1.29, 1.82) is 0 Å². The summed E-state index contributed by atoms with van der Waals surface area (Å²) in [6, 6.07) is 2.39. The van der Waals surface area contributed by atoms with Crippen LogP contribution in [0.5, 0.6) is 0 Å². The number of nitrogens with one attached hydrogen (secondary N) is 1. The summed E-state index contributed by atoms with van der Waals surface area (Å²) in [5.74, 6) is 0.0374. The van der Waals surface area contributed by atoms with Gasteiger partial charge in [0.25, 0.3) is 0 Å². The summed E-state index contributed by atoms with van der Waals surface area (Å²) < 4.78 is 0. The van der Waals surface area contributed by atoms with Gasteiger partial charge < -0.3 is 10.4 Å². The lowest BCUT2D eigenvalue weighted by Gasteiger charge is -2.29. The summed E-state index contributed by atoms with van der Waals surface area (Å²) in [6.07, 6.45) is 6.50. The largest absolute Gasteiger partial charge is 0.478 e. The molecule has 100 valence electrons. The Hall–Kier alpha value is -0.870. The zero-order valence-corrected chi connectivity index (χ0v) is 11.6. The Labute approximate surface area is 112 Å². The van der Waals surface area contributed by atoms with E-state index in [1.165, 1.54) is 43.4 Å². The zero-order valence-electron chi connectivity index (χ0n) is 10.8. The SMILES string of the molecule is CCC1CCCC(NCc2cc(C(=O)O)cs2)C1. The fourth-order valence-corrected chi connectivity index (χ4v) is 3.49. The van der Waals surface area contributed by atoms with Crippen LogP contribution in [0, 0.1) is 5.92 Å². The van der Waals surface area contributed by atoms with Gasteiger partial charge in [0.2, 0.25) is 0 Å². The molecule has 1 saturated carbocycles. The van der Waals surface area contributed by atoms with Crippen LogP contribution in [-0.2, 0) is 6.54 Å². The second-order valence-electron chi connectivity index (χ2n) is 5.13. The average Bonchev–Trinajstić information content (AvgIpc) is 2.85. The van der Waals surface area contributed by atoms with Crippen LogP contribution in [0.25, 0.3) is 0 Å². The van der Waals surface area contributed by atoms with Crippen molar-refractivity contribution in [2.45, 2.75) is 51.6 Å². The predicted molar refractivity (Wildman–Crippen MR) is 74.2 cm³/mol. The molecule has 2 rings (SSSR count). The quantitative estimate of drug-likeness (QED) is 0.858. The summed E-state index contributed by atoms with van der Waals surface area (Å²) in [7, 11) is 0. The van der Waals surface area contributed by atoms with Crippen molar-refractivity contribution < 1.29 is 9.90 Å². The van der Waals surface area contributed by atoms with Crippen LogP contribution in [0.15, 0.2) is 11.4 Å². The molecule has 0 aliphatic heterocycles. The number of carbonyl (C=O) groups is 1. The molecule has 0 aromatic carbocycles. The first kappa shape index (κ1) is 13.6. The molecular formula is C14H21NO2S. The van der Waals surface area contributed by atoms with Gasteiger partial charge in [0.15, 0.2) is 0 Å². The molecule has 1 aliphatic rings. The molecule has 0 saturated heterocycles. The van der Waals surface area contributed by atoms with Gasteiger partial charge in [-0.25, -0.2) is 4.79 Å². The number of hydrogen-bond acceptors (Lipinski definition) is 3. The molecule has 0 bridgehead atoms. The highest BCUT2D eigenvalue weighted by molar-refractivity contribution is 7.10. The van der Waals surface area contributed by atoms with Gasteiger partial charge in [-0.2, -0.15) is 0 Å². The molecule has 0 spiro atoms. The van der Waals surface area contributed by atoms with E-state index in [-0.39, 0.29) is 0 Å². The number of hydrogen-bond donors (Lipinski definition) is 2. The summed E-state index contributed by atoms with van der Waals surface area (Å²) >= 11 is 1.53. The van der Waals surface area contributed by atoms with E-state index in [2.05, 4.69) is 12.2 Å². The Bertz CT molecular complexity index is 402. The van der Waals surface area contributed by atoms with Crippen LogP contribution in [0.4, 0.5) is 0 Å². The fraction of sp³-hybridized carbons (Fsp3) is 0.643. The van der Waals surface area contributed by atoms with E-state index in [9.17, 15) is 4.79 Å². The maximum atomic E-state index is 10.8. The van der Waals surface area contributed by atoms with Crippen molar-refractivity contribution in [3.05, 3.63) is 21.9 Å². The van der Waals surface area contributed by atoms with E-state index < -0.39 is 5.97 Å². The second-order valence-corrected chi connectivity index (χ2v) is 6.12. The van der Waals surface area contributed by atoms with Gasteiger partial charge in [0, 0.05) is 22.8 Å². The minimum Gasteiger partial charge on any atom is -0.478 e. The zero-order chi connectivity index (χ0) is 13.0. The van der Waals surface area contributed by atoms with Gasteiger partial charge in [0.05, 0.1) is 5.56 Å². The van der Waals surface area contributed by atoms with Crippen molar-refractivity contribution in [1.82, 2.24) is 5.32 Å². The number of carboxylic acid groups (broad SMARTS) is 1. The molecule has 4 heteroatoms. The number of aromatic carboxylic acids is 1. The first-order valence-corrected chi connectivity index (χ1v) is 7.61. The highest BCUT2D eigenvalue weighted by atomic mass is 32.1. The van der Waals surface area contributed by atoms with Gasteiger partial charge in [-0.15, -0.1) is 11.3 Å². The fourth-order valence-electron chi connectivity index (χ4n) is 2.68. The third-order valence-corrected chi connectivity index (χ3v) is 4.76. The van der Waals surface area contributed by atoms with Crippen molar-refractivity contribution in [2.75, 3.05) is 0 Å². The minimum absolute atomic E-state index is 0.409. The summed E-state index contributed by atoms with van der Waals surface area (Å²) in [5, 5.41) is 14.2. The van der Waals surface area contributed by atoms with E-state index in [4.69, 9.17) is 5.11 Å². The normalized spacial score (nSPS) is 24.1. The Morgan fingerprint density at radius 2 is 2.39 bits per heavy atom. The van der Waals surface area contributed by atoms with Crippen LogP contribution in [0.3, 0.4) is 0 Å². The summed E-state index contributed by atoms with van der Waals surface area (Å²) in [5.41, 5.74) is 0.409. The van der Waals surface area contributed by atoms with Crippen LogP contribution in [0.2, 0.25) is 0 Å². The van der Waals surface area contributed by atoms with Crippen molar-refractivity contribution in [3.8, 4) is 0 Å². The molecule has 1 fully saturated rings. The molecule has 18 heavy (non-hydrogen) atoms. The Balaban J connectivity index is 1.81. The van der Waals surface area contributed by atoms with Crippen LogP contribution in [-0.4, -0.2) is 17.1 Å². The molecule has 1 aromatic heterocycles. The maximum Gasteiger partial charge on any atom is 0.336 e. The standard InChI is InChI=1S/C14H21NO2S/c1-2-10-4-3-5-12(6-10)15-8-13-7-11(9-18-13)14(16)17/h7,9-10,12,15H,2-6,8H2,1H3,(H,16,17). The Morgan fingerprint density at radius 3 is 3.06 bits per heavy atom. The lowest BCUT2D eigenvalue weighted by molar-refractivity contribution is 0.0697.